The number of amides is 1. The van der Waals surface area contributed by atoms with E-state index >= 15 is 0 Å². The first-order valence-electron chi connectivity index (χ1n) is 7.74. The molecule has 0 aliphatic heterocycles. The summed E-state index contributed by atoms with van der Waals surface area (Å²) in [7, 11) is 0. The highest BCUT2D eigenvalue weighted by Gasteiger charge is 2.20. The number of primary amides is 1. The molecule has 1 aliphatic carbocycles. The summed E-state index contributed by atoms with van der Waals surface area (Å²) in [5, 5.41) is 0. The number of hydrogen-bond acceptors (Lipinski definition) is 3. The van der Waals surface area contributed by atoms with Gasteiger partial charge in [-0.05, 0) is 50.3 Å². The Bertz CT molecular complexity index is 500. The number of rotatable bonds is 5. The smallest absolute Gasteiger partial charge is 0.252 e. The highest BCUT2D eigenvalue weighted by Crippen LogP contribution is 2.28. The molecule has 1 aromatic carbocycles. The number of hydrogen-bond donors (Lipinski definition) is 2. The highest BCUT2D eigenvalue weighted by molar-refractivity contribution is 5.95. The van der Waals surface area contributed by atoms with Crippen molar-refractivity contribution < 1.29 is 9.53 Å². The summed E-state index contributed by atoms with van der Waals surface area (Å²) in [5.74, 6) is 0.686. The Hall–Kier alpha value is -1.55. The fraction of sp³-hybridized carbons (Fsp3) is 0.588. The van der Waals surface area contributed by atoms with Crippen LogP contribution in [0.4, 0.5) is 0 Å². The molecule has 0 heterocycles. The zero-order chi connectivity index (χ0) is 15.5. The number of benzene rings is 1. The molecule has 0 bridgehead atoms. The van der Waals surface area contributed by atoms with E-state index in [2.05, 4.69) is 0 Å². The van der Waals surface area contributed by atoms with Crippen LogP contribution in [0.25, 0.3) is 0 Å². The van der Waals surface area contributed by atoms with Crippen LogP contribution in [-0.4, -0.2) is 12.5 Å². The first-order valence-corrected chi connectivity index (χ1v) is 7.74. The van der Waals surface area contributed by atoms with E-state index in [-0.39, 0.29) is 0 Å². The minimum absolute atomic E-state index is 0.418. The molecule has 21 heavy (non-hydrogen) atoms. The van der Waals surface area contributed by atoms with Crippen molar-refractivity contribution in [1.29, 1.82) is 0 Å². The third-order valence-corrected chi connectivity index (χ3v) is 4.19. The van der Waals surface area contributed by atoms with Crippen molar-refractivity contribution in [2.24, 2.45) is 17.4 Å². The maximum atomic E-state index is 11.7. The zero-order valence-electron chi connectivity index (χ0n) is 13.0. The Morgan fingerprint density at radius 1 is 1.29 bits per heavy atom. The van der Waals surface area contributed by atoms with E-state index in [0.29, 0.717) is 23.8 Å². The van der Waals surface area contributed by atoms with Gasteiger partial charge in [-0.1, -0.05) is 25.3 Å². The molecule has 2 rings (SSSR count). The van der Waals surface area contributed by atoms with Crippen molar-refractivity contribution in [2.75, 3.05) is 6.61 Å². The quantitative estimate of drug-likeness (QED) is 0.875. The number of ether oxygens (including phenoxy) is 1. The molecular formula is C17H26N2O2. The predicted octanol–water partition coefficient (Wildman–Crippen LogP) is 2.94. The van der Waals surface area contributed by atoms with Crippen molar-refractivity contribution in [3.05, 3.63) is 29.3 Å². The fourth-order valence-electron chi connectivity index (χ4n) is 2.81. The largest absolute Gasteiger partial charge is 0.492 e. The third-order valence-electron chi connectivity index (χ3n) is 4.19. The monoisotopic (exact) mass is 290 g/mol. The SMILES string of the molecule is CC(C)(N)c1ccc(OCC2CCCCC2)c(C(N)=O)c1. The van der Waals surface area contributed by atoms with Gasteiger partial charge in [0.2, 0.25) is 0 Å². The lowest BCUT2D eigenvalue weighted by Gasteiger charge is -2.23. The molecule has 1 aliphatic rings. The van der Waals surface area contributed by atoms with E-state index in [1.54, 1.807) is 6.07 Å². The van der Waals surface area contributed by atoms with E-state index in [1.807, 2.05) is 26.0 Å². The minimum atomic E-state index is -0.508. The van der Waals surface area contributed by atoms with Gasteiger partial charge in [-0.2, -0.15) is 0 Å². The van der Waals surface area contributed by atoms with Crippen LogP contribution < -0.4 is 16.2 Å². The Balaban J connectivity index is 2.12. The molecule has 0 spiro atoms. The summed E-state index contributed by atoms with van der Waals surface area (Å²) in [6.07, 6.45) is 6.29. The summed E-state index contributed by atoms with van der Waals surface area (Å²) in [6, 6.07) is 5.47. The first-order chi connectivity index (χ1) is 9.88. The molecule has 4 nitrogen and oxygen atoms in total. The molecule has 0 unspecified atom stereocenters. The molecule has 1 aromatic rings. The van der Waals surface area contributed by atoms with Gasteiger partial charge in [0.25, 0.3) is 5.91 Å². The summed E-state index contributed by atoms with van der Waals surface area (Å²) >= 11 is 0. The summed E-state index contributed by atoms with van der Waals surface area (Å²) in [4.78, 5) is 11.7. The molecule has 1 fully saturated rings. The third kappa shape index (κ3) is 4.21. The lowest BCUT2D eigenvalue weighted by atomic mass is 9.90. The second kappa shape index (κ2) is 6.48. The summed E-state index contributed by atoms with van der Waals surface area (Å²) in [5.41, 5.74) is 12.3. The molecule has 1 saturated carbocycles. The molecule has 0 radical (unpaired) electrons. The van der Waals surface area contributed by atoms with Crippen LogP contribution in [0.3, 0.4) is 0 Å². The molecule has 0 saturated heterocycles. The zero-order valence-corrected chi connectivity index (χ0v) is 13.0. The van der Waals surface area contributed by atoms with Crippen molar-refractivity contribution in [3.8, 4) is 5.75 Å². The van der Waals surface area contributed by atoms with E-state index in [9.17, 15) is 4.79 Å². The van der Waals surface area contributed by atoms with Crippen LogP contribution >= 0.6 is 0 Å². The van der Waals surface area contributed by atoms with Crippen LogP contribution in [-0.2, 0) is 5.54 Å². The molecule has 4 heteroatoms. The van der Waals surface area contributed by atoms with Crippen LogP contribution in [0, 0.1) is 5.92 Å². The maximum absolute atomic E-state index is 11.7. The van der Waals surface area contributed by atoms with Crippen molar-refractivity contribution >= 4 is 5.91 Å². The van der Waals surface area contributed by atoms with Gasteiger partial charge in [0.1, 0.15) is 5.75 Å². The minimum Gasteiger partial charge on any atom is -0.492 e. The standard InChI is InChI=1S/C17H26N2O2/c1-17(2,19)13-8-9-15(14(10-13)16(18)20)21-11-12-6-4-3-5-7-12/h8-10,12H,3-7,11,19H2,1-2H3,(H2,18,20). The average Bonchev–Trinajstić information content (AvgIpc) is 2.45. The van der Waals surface area contributed by atoms with Gasteiger partial charge in [-0.25, -0.2) is 0 Å². The fourth-order valence-corrected chi connectivity index (χ4v) is 2.81. The second-order valence-electron chi connectivity index (χ2n) is 6.61. The van der Waals surface area contributed by atoms with E-state index in [1.165, 1.54) is 32.1 Å². The van der Waals surface area contributed by atoms with Crippen molar-refractivity contribution in [2.45, 2.75) is 51.5 Å². The molecule has 0 aromatic heterocycles. The normalized spacial score (nSPS) is 16.7. The van der Waals surface area contributed by atoms with Crippen molar-refractivity contribution in [3.63, 3.8) is 0 Å². The van der Waals surface area contributed by atoms with Crippen LogP contribution in [0.2, 0.25) is 0 Å². The highest BCUT2D eigenvalue weighted by atomic mass is 16.5. The Labute approximate surface area is 126 Å². The number of nitrogens with two attached hydrogens (primary N) is 2. The molecule has 116 valence electrons. The van der Waals surface area contributed by atoms with E-state index in [4.69, 9.17) is 16.2 Å². The summed E-state index contributed by atoms with van der Waals surface area (Å²) < 4.78 is 5.86. The Kier molecular flexibility index (Phi) is 4.88. The van der Waals surface area contributed by atoms with Crippen molar-refractivity contribution in [1.82, 2.24) is 0 Å². The lowest BCUT2D eigenvalue weighted by molar-refractivity contribution is 0.0994. The average molecular weight is 290 g/mol. The topological polar surface area (TPSA) is 78.3 Å². The van der Waals surface area contributed by atoms with Gasteiger partial charge in [-0.3, -0.25) is 4.79 Å². The van der Waals surface area contributed by atoms with E-state index in [0.717, 1.165) is 5.56 Å². The molecular weight excluding hydrogens is 264 g/mol. The van der Waals surface area contributed by atoms with Gasteiger partial charge in [0.05, 0.1) is 12.2 Å². The predicted molar refractivity (Wildman–Crippen MR) is 84.2 cm³/mol. The van der Waals surface area contributed by atoms with Gasteiger partial charge < -0.3 is 16.2 Å². The molecule has 0 atom stereocenters. The maximum Gasteiger partial charge on any atom is 0.252 e. The van der Waals surface area contributed by atoms with Crippen LogP contribution in [0.5, 0.6) is 5.75 Å². The van der Waals surface area contributed by atoms with Gasteiger partial charge in [0.15, 0.2) is 0 Å². The number of carbonyl (C=O) groups excluding carboxylic acids is 1. The van der Waals surface area contributed by atoms with Crippen LogP contribution in [0.15, 0.2) is 18.2 Å². The molecule has 4 N–H and O–H groups in total. The van der Waals surface area contributed by atoms with E-state index < -0.39 is 11.4 Å². The Morgan fingerprint density at radius 3 is 2.52 bits per heavy atom. The van der Waals surface area contributed by atoms with Gasteiger partial charge in [-0.15, -0.1) is 0 Å². The van der Waals surface area contributed by atoms with Gasteiger partial charge >= 0.3 is 0 Å². The lowest BCUT2D eigenvalue weighted by Crippen LogP contribution is -2.29. The first kappa shape index (κ1) is 15.8. The molecule has 1 amide bonds. The Morgan fingerprint density at radius 2 is 1.95 bits per heavy atom. The van der Waals surface area contributed by atoms with Crippen LogP contribution in [0.1, 0.15) is 61.9 Å². The van der Waals surface area contributed by atoms with Gasteiger partial charge in [0, 0.05) is 5.54 Å². The summed E-state index contributed by atoms with van der Waals surface area (Å²) in [6.45, 7) is 4.46. The second-order valence-corrected chi connectivity index (χ2v) is 6.61. The number of carbonyl (C=O) groups is 1.